The number of fused-ring (bicyclic) bond motifs is 2. The van der Waals surface area contributed by atoms with E-state index in [-0.39, 0.29) is 0 Å². The second-order valence-corrected chi connectivity index (χ2v) is 8.10. The highest BCUT2D eigenvalue weighted by Gasteiger charge is 2.35. The van der Waals surface area contributed by atoms with Crippen molar-refractivity contribution < 1.29 is 18.7 Å². The summed E-state index contributed by atoms with van der Waals surface area (Å²) in [7, 11) is 0. The van der Waals surface area contributed by atoms with Crippen molar-refractivity contribution in [3.8, 4) is 28.9 Å². The number of ether oxygens (including phenoxy) is 2. The lowest BCUT2D eigenvalue weighted by Crippen LogP contribution is -2.38. The molecule has 152 valence electrons. The predicted octanol–water partition coefficient (Wildman–Crippen LogP) is 6.44. The number of carbonyl (C=O) groups excluding carboxylic acids is 1. The fourth-order valence-electron chi connectivity index (χ4n) is 3.55. The van der Waals surface area contributed by atoms with Gasteiger partial charge in [0.15, 0.2) is 5.76 Å². The molecule has 0 spiro atoms. The zero-order chi connectivity index (χ0) is 21.6. The van der Waals surface area contributed by atoms with Crippen molar-refractivity contribution in [3.63, 3.8) is 0 Å². The lowest BCUT2D eigenvalue weighted by Gasteiger charge is -2.31. The minimum atomic E-state index is -1.04. The summed E-state index contributed by atoms with van der Waals surface area (Å²) < 4.78 is 17.4. The van der Waals surface area contributed by atoms with E-state index in [1.54, 1.807) is 38.1 Å². The van der Waals surface area contributed by atoms with Gasteiger partial charge in [0.25, 0.3) is 0 Å². The van der Waals surface area contributed by atoms with Crippen molar-refractivity contribution in [1.82, 2.24) is 0 Å². The summed E-state index contributed by atoms with van der Waals surface area (Å²) in [5, 5.41) is 1.33. The van der Waals surface area contributed by atoms with Gasteiger partial charge in [-0.25, -0.2) is 4.79 Å². The first kappa shape index (κ1) is 19.3. The largest absolute Gasteiger partial charge is 0.455 e. The molecule has 0 fully saturated rings. The molecule has 0 unspecified atom stereocenters. The molecule has 1 aliphatic rings. The Morgan fingerprint density at radius 1 is 0.903 bits per heavy atom. The summed E-state index contributed by atoms with van der Waals surface area (Å²) in [6.45, 7) is 3.38. The van der Waals surface area contributed by atoms with Gasteiger partial charge in [-0.2, -0.15) is 0 Å². The van der Waals surface area contributed by atoms with Gasteiger partial charge in [-0.1, -0.05) is 59.8 Å². The SMILES string of the molecule is CC1(C)OC(=O)c2cc3c(C#Cc4cccc(Cl)c4)c(-c4ccccc4)oc3cc2O1. The number of furan rings is 1. The Morgan fingerprint density at radius 3 is 2.48 bits per heavy atom. The number of carbonyl (C=O) groups is 1. The van der Waals surface area contributed by atoms with Crippen LogP contribution in [0.4, 0.5) is 0 Å². The van der Waals surface area contributed by atoms with Crippen LogP contribution < -0.4 is 4.74 Å². The molecule has 4 aromatic rings. The number of rotatable bonds is 1. The molecule has 31 heavy (non-hydrogen) atoms. The Kier molecular flexibility index (Phi) is 4.50. The number of esters is 1. The van der Waals surface area contributed by atoms with Gasteiger partial charge in [-0.05, 0) is 24.3 Å². The molecule has 0 aliphatic carbocycles. The van der Waals surface area contributed by atoms with Gasteiger partial charge >= 0.3 is 5.97 Å². The molecular formula is C26H17ClO4. The highest BCUT2D eigenvalue weighted by molar-refractivity contribution is 6.30. The summed E-state index contributed by atoms with van der Waals surface area (Å²) in [6.07, 6.45) is 0. The Hall–Kier alpha value is -3.68. The third kappa shape index (κ3) is 3.65. The lowest BCUT2D eigenvalue weighted by atomic mass is 10.0. The minimum Gasteiger partial charge on any atom is -0.455 e. The smallest absolute Gasteiger partial charge is 0.345 e. The number of benzene rings is 3. The second kappa shape index (κ2) is 7.23. The van der Waals surface area contributed by atoms with E-state index < -0.39 is 11.8 Å². The zero-order valence-corrected chi connectivity index (χ0v) is 17.6. The number of hydrogen-bond donors (Lipinski definition) is 0. The van der Waals surface area contributed by atoms with Crippen LogP contribution in [0, 0.1) is 11.8 Å². The molecule has 4 nitrogen and oxygen atoms in total. The first-order valence-corrected chi connectivity index (χ1v) is 10.1. The topological polar surface area (TPSA) is 48.7 Å². The highest BCUT2D eigenvalue weighted by atomic mass is 35.5. The number of hydrogen-bond acceptors (Lipinski definition) is 4. The van der Waals surface area contributed by atoms with Crippen molar-refractivity contribution in [2.45, 2.75) is 19.6 Å². The molecule has 1 aliphatic heterocycles. The lowest BCUT2D eigenvalue weighted by molar-refractivity contribution is -0.127. The molecule has 0 saturated heterocycles. The van der Waals surface area contributed by atoms with E-state index in [1.165, 1.54) is 0 Å². The molecule has 3 aromatic carbocycles. The average Bonchev–Trinajstić information content (AvgIpc) is 3.08. The molecule has 0 amide bonds. The van der Waals surface area contributed by atoms with Crippen LogP contribution in [0.5, 0.6) is 5.75 Å². The van der Waals surface area contributed by atoms with Gasteiger partial charge in [-0.15, -0.1) is 0 Å². The van der Waals surface area contributed by atoms with Gasteiger partial charge in [0.2, 0.25) is 5.79 Å². The molecule has 0 bridgehead atoms. The van der Waals surface area contributed by atoms with Gasteiger partial charge in [0.05, 0.1) is 5.56 Å². The molecule has 2 heterocycles. The Balaban J connectivity index is 1.74. The van der Waals surface area contributed by atoms with E-state index in [2.05, 4.69) is 11.8 Å². The van der Waals surface area contributed by atoms with E-state index >= 15 is 0 Å². The summed E-state index contributed by atoms with van der Waals surface area (Å²) in [5.74, 6) is 5.95. The van der Waals surface area contributed by atoms with E-state index in [0.717, 1.165) is 11.1 Å². The molecule has 5 heteroatoms. The second-order valence-electron chi connectivity index (χ2n) is 7.67. The van der Waals surface area contributed by atoms with E-state index in [0.29, 0.717) is 38.6 Å². The third-order valence-electron chi connectivity index (χ3n) is 4.90. The number of cyclic esters (lactones) is 1. The van der Waals surface area contributed by atoms with Crippen molar-refractivity contribution >= 4 is 28.5 Å². The van der Waals surface area contributed by atoms with Gasteiger partial charge in [-0.3, -0.25) is 0 Å². The Bertz CT molecular complexity index is 1390. The van der Waals surface area contributed by atoms with Crippen molar-refractivity contribution in [2.75, 3.05) is 0 Å². The summed E-state index contributed by atoms with van der Waals surface area (Å²) in [4.78, 5) is 12.6. The third-order valence-corrected chi connectivity index (χ3v) is 5.13. The molecule has 5 rings (SSSR count). The quantitative estimate of drug-likeness (QED) is 0.258. The van der Waals surface area contributed by atoms with Crippen molar-refractivity contribution in [1.29, 1.82) is 0 Å². The van der Waals surface area contributed by atoms with Crippen LogP contribution >= 0.6 is 11.6 Å². The summed E-state index contributed by atoms with van der Waals surface area (Å²) >= 11 is 6.09. The van der Waals surface area contributed by atoms with Crippen LogP contribution in [0.2, 0.25) is 5.02 Å². The minimum absolute atomic E-state index is 0.345. The molecule has 0 atom stereocenters. The van der Waals surface area contributed by atoms with Crippen LogP contribution in [0.15, 0.2) is 71.1 Å². The molecule has 0 radical (unpaired) electrons. The maximum Gasteiger partial charge on any atom is 0.345 e. The summed E-state index contributed by atoms with van der Waals surface area (Å²) in [6, 6.07) is 20.5. The zero-order valence-electron chi connectivity index (χ0n) is 16.9. The maximum absolute atomic E-state index is 12.6. The number of halogens is 1. The average molecular weight is 429 g/mol. The molecule has 0 N–H and O–H groups in total. The molecular weight excluding hydrogens is 412 g/mol. The first-order valence-electron chi connectivity index (χ1n) is 9.75. The fraction of sp³-hybridized carbons (Fsp3) is 0.115. The van der Waals surface area contributed by atoms with Crippen LogP contribution in [0.3, 0.4) is 0 Å². The maximum atomic E-state index is 12.6. The van der Waals surface area contributed by atoms with Gasteiger partial charge < -0.3 is 13.9 Å². The highest BCUT2D eigenvalue weighted by Crippen LogP contribution is 2.39. The van der Waals surface area contributed by atoms with E-state index in [9.17, 15) is 4.79 Å². The Morgan fingerprint density at radius 2 is 1.71 bits per heavy atom. The standard InChI is InChI=1S/C26H17ClO4/c1-26(2)30-23-15-22-20(14-21(23)25(28)31-26)19(12-11-16-7-6-10-18(27)13-16)24(29-22)17-8-4-3-5-9-17/h3-10,13-15H,1-2H3. The van der Waals surface area contributed by atoms with E-state index in [1.807, 2.05) is 42.5 Å². The summed E-state index contributed by atoms with van der Waals surface area (Å²) in [5.41, 5.74) is 3.28. The first-order chi connectivity index (χ1) is 14.9. The van der Waals surface area contributed by atoms with Crippen LogP contribution in [-0.4, -0.2) is 11.8 Å². The molecule has 0 saturated carbocycles. The monoisotopic (exact) mass is 428 g/mol. The van der Waals surface area contributed by atoms with Crippen LogP contribution in [0.25, 0.3) is 22.3 Å². The predicted molar refractivity (Wildman–Crippen MR) is 119 cm³/mol. The Labute approximate surface area is 184 Å². The van der Waals surface area contributed by atoms with Gasteiger partial charge in [0.1, 0.15) is 16.9 Å². The van der Waals surface area contributed by atoms with Crippen molar-refractivity contribution in [2.24, 2.45) is 0 Å². The van der Waals surface area contributed by atoms with Crippen LogP contribution in [0.1, 0.15) is 35.3 Å². The van der Waals surface area contributed by atoms with Gasteiger partial charge in [0, 0.05) is 41.4 Å². The fourth-order valence-corrected chi connectivity index (χ4v) is 3.74. The normalized spacial score (nSPS) is 14.2. The van der Waals surface area contributed by atoms with Crippen molar-refractivity contribution in [3.05, 3.63) is 88.4 Å². The molecule has 1 aromatic heterocycles. The van der Waals surface area contributed by atoms with E-state index in [4.69, 9.17) is 25.5 Å². The van der Waals surface area contributed by atoms with Crippen LogP contribution in [-0.2, 0) is 4.74 Å².